The zero-order valence-electron chi connectivity index (χ0n) is 12.4. The summed E-state index contributed by atoms with van der Waals surface area (Å²) in [5.41, 5.74) is 0.253. The number of methoxy groups -OCH3 is 3. The van der Waals surface area contributed by atoms with Gasteiger partial charge in [0.15, 0.2) is 11.5 Å². The summed E-state index contributed by atoms with van der Waals surface area (Å²) in [7, 11) is 4.44. The average molecular weight is 284 g/mol. The Kier molecular flexibility index (Phi) is 6.11. The van der Waals surface area contributed by atoms with Crippen LogP contribution < -0.4 is 14.2 Å². The Morgan fingerprint density at radius 1 is 1.10 bits per heavy atom. The van der Waals surface area contributed by atoms with E-state index in [0.717, 1.165) is 6.42 Å². The van der Waals surface area contributed by atoms with Crippen LogP contribution in [0.2, 0.25) is 0 Å². The maximum atomic E-state index is 11.9. The lowest BCUT2D eigenvalue weighted by Gasteiger charge is -2.14. The number of carbonyl (C=O) groups excluding carboxylic acids is 1. The van der Waals surface area contributed by atoms with Crippen LogP contribution in [-0.2, 0) is 9.78 Å². The molecule has 0 aliphatic rings. The van der Waals surface area contributed by atoms with E-state index in [9.17, 15) is 4.79 Å². The SMILES string of the molecule is CCC(C)OOC(=O)c1cc(OC)c(OC)c(OC)c1. The Morgan fingerprint density at radius 2 is 1.65 bits per heavy atom. The van der Waals surface area contributed by atoms with Gasteiger partial charge in [0.2, 0.25) is 5.75 Å². The second kappa shape index (κ2) is 7.59. The van der Waals surface area contributed by atoms with Crippen molar-refractivity contribution >= 4 is 5.97 Å². The van der Waals surface area contributed by atoms with Crippen molar-refractivity contribution in [3.05, 3.63) is 17.7 Å². The molecule has 0 spiro atoms. The smallest absolute Gasteiger partial charge is 0.373 e. The van der Waals surface area contributed by atoms with Crippen molar-refractivity contribution in [2.24, 2.45) is 0 Å². The van der Waals surface area contributed by atoms with E-state index in [1.165, 1.54) is 33.5 Å². The van der Waals surface area contributed by atoms with Gasteiger partial charge in [0.25, 0.3) is 0 Å². The Hall–Kier alpha value is -1.95. The van der Waals surface area contributed by atoms with Crippen LogP contribution in [0.4, 0.5) is 0 Å². The van der Waals surface area contributed by atoms with Crippen molar-refractivity contribution in [1.29, 1.82) is 0 Å². The van der Waals surface area contributed by atoms with E-state index in [2.05, 4.69) is 0 Å². The standard InChI is InChI=1S/C14H20O6/c1-6-9(2)19-20-14(15)10-7-11(16-3)13(18-5)12(8-10)17-4/h7-9H,6H2,1-5H3. The summed E-state index contributed by atoms with van der Waals surface area (Å²) in [5.74, 6) is 0.545. The summed E-state index contributed by atoms with van der Waals surface area (Å²) in [6.07, 6.45) is 0.573. The summed E-state index contributed by atoms with van der Waals surface area (Å²) in [6.45, 7) is 3.74. The number of carbonyl (C=O) groups is 1. The molecule has 1 atom stereocenters. The predicted octanol–water partition coefficient (Wildman–Crippen LogP) is 2.60. The topological polar surface area (TPSA) is 63.2 Å². The van der Waals surface area contributed by atoms with Crippen molar-refractivity contribution in [1.82, 2.24) is 0 Å². The number of hydrogen-bond donors (Lipinski definition) is 0. The lowest BCUT2D eigenvalue weighted by Crippen LogP contribution is -2.13. The van der Waals surface area contributed by atoms with E-state index in [4.69, 9.17) is 24.0 Å². The third kappa shape index (κ3) is 3.77. The molecule has 0 fully saturated rings. The van der Waals surface area contributed by atoms with Crippen molar-refractivity contribution in [3.8, 4) is 17.2 Å². The van der Waals surface area contributed by atoms with E-state index < -0.39 is 5.97 Å². The van der Waals surface area contributed by atoms with E-state index in [0.29, 0.717) is 17.2 Å². The second-order valence-electron chi connectivity index (χ2n) is 4.10. The first-order valence-corrected chi connectivity index (χ1v) is 6.25. The van der Waals surface area contributed by atoms with Gasteiger partial charge in [0.1, 0.15) is 6.10 Å². The van der Waals surface area contributed by atoms with Crippen LogP contribution in [0, 0.1) is 0 Å². The highest BCUT2D eigenvalue weighted by molar-refractivity contribution is 5.90. The molecule has 0 aromatic heterocycles. The van der Waals surface area contributed by atoms with Gasteiger partial charge in [-0.1, -0.05) is 6.92 Å². The van der Waals surface area contributed by atoms with E-state index in [1.54, 1.807) is 0 Å². The summed E-state index contributed by atoms with van der Waals surface area (Å²) in [5, 5.41) is 0. The second-order valence-corrected chi connectivity index (χ2v) is 4.10. The number of benzene rings is 1. The van der Waals surface area contributed by atoms with Crippen LogP contribution in [0.15, 0.2) is 12.1 Å². The highest BCUT2D eigenvalue weighted by Gasteiger charge is 2.19. The first-order chi connectivity index (χ1) is 9.57. The Morgan fingerprint density at radius 3 is 2.05 bits per heavy atom. The van der Waals surface area contributed by atoms with Gasteiger partial charge in [-0.15, -0.1) is 0 Å². The zero-order chi connectivity index (χ0) is 15.1. The molecule has 1 aromatic carbocycles. The number of ether oxygens (including phenoxy) is 3. The largest absolute Gasteiger partial charge is 0.493 e. The molecule has 0 bridgehead atoms. The van der Waals surface area contributed by atoms with Crippen LogP contribution in [-0.4, -0.2) is 33.4 Å². The number of rotatable bonds is 7. The van der Waals surface area contributed by atoms with Crippen LogP contribution >= 0.6 is 0 Å². The third-order valence-corrected chi connectivity index (χ3v) is 2.76. The highest BCUT2D eigenvalue weighted by Crippen LogP contribution is 2.38. The molecule has 0 aliphatic carbocycles. The normalized spacial score (nSPS) is 11.7. The molecule has 1 rings (SSSR count). The molecule has 20 heavy (non-hydrogen) atoms. The molecule has 0 aliphatic heterocycles. The summed E-state index contributed by atoms with van der Waals surface area (Å²) in [4.78, 5) is 21.6. The summed E-state index contributed by atoms with van der Waals surface area (Å²) >= 11 is 0. The maximum Gasteiger partial charge on any atom is 0.373 e. The molecule has 0 saturated heterocycles. The molecule has 6 heteroatoms. The summed E-state index contributed by atoms with van der Waals surface area (Å²) in [6, 6.07) is 3.01. The molecule has 1 aromatic rings. The molecule has 0 saturated carbocycles. The van der Waals surface area contributed by atoms with Crippen LogP contribution in [0.5, 0.6) is 17.2 Å². The van der Waals surface area contributed by atoms with E-state index >= 15 is 0 Å². The van der Waals surface area contributed by atoms with Crippen LogP contribution in [0.3, 0.4) is 0 Å². The van der Waals surface area contributed by atoms with Gasteiger partial charge in [-0.05, 0) is 25.5 Å². The van der Waals surface area contributed by atoms with E-state index in [-0.39, 0.29) is 11.7 Å². The maximum absolute atomic E-state index is 11.9. The van der Waals surface area contributed by atoms with Crippen molar-refractivity contribution in [2.45, 2.75) is 26.4 Å². The fraction of sp³-hybridized carbons (Fsp3) is 0.500. The average Bonchev–Trinajstić information content (AvgIpc) is 2.50. The lowest BCUT2D eigenvalue weighted by molar-refractivity contribution is -0.270. The minimum Gasteiger partial charge on any atom is -0.493 e. The van der Waals surface area contributed by atoms with Gasteiger partial charge in [-0.2, -0.15) is 4.89 Å². The van der Waals surface area contributed by atoms with Gasteiger partial charge in [-0.3, -0.25) is 4.89 Å². The van der Waals surface area contributed by atoms with Gasteiger partial charge in [-0.25, -0.2) is 4.79 Å². The van der Waals surface area contributed by atoms with Crippen molar-refractivity contribution < 1.29 is 28.8 Å². The van der Waals surface area contributed by atoms with Crippen LogP contribution in [0.25, 0.3) is 0 Å². The van der Waals surface area contributed by atoms with Crippen molar-refractivity contribution in [3.63, 3.8) is 0 Å². The molecular weight excluding hydrogens is 264 g/mol. The fourth-order valence-electron chi connectivity index (χ4n) is 1.44. The third-order valence-electron chi connectivity index (χ3n) is 2.76. The molecule has 1 unspecified atom stereocenters. The summed E-state index contributed by atoms with van der Waals surface area (Å²) < 4.78 is 15.5. The molecule has 0 radical (unpaired) electrons. The Balaban J connectivity index is 2.97. The van der Waals surface area contributed by atoms with Gasteiger partial charge in [0.05, 0.1) is 26.9 Å². The minimum atomic E-state index is -0.621. The molecule has 0 N–H and O–H groups in total. The van der Waals surface area contributed by atoms with Gasteiger partial charge >= 0.3 is 5.97 Å². The van der Waals surface area contributed by atoms with Crippen molar-refractivity contribution in [2.75, 3.05) is 21.3 Å². The molecule has 112 valence electrons. The molecular formula is C14H20O6. The predicted molar refractivity (Wildman–Crippen MR) is 72.4 cm³/mol. The first-order valence-electron chi connectivity index (χ1n) is 6.25. The van der Waals surface area contributed by atoms with E-state index in [1.807, 2.05) is 13.8 Å². The van der Waals surface area contributed by atoms with Gasteiger partial charge in [0, 0.05) is 0 Å². The number of hydrogen-bond acceptors (Lipinski definition) is 6. The lowest BCUT2D eigenvalue weighted by atomic mass is 10.2. The van der Waals surface area contributed by atoms with Gasteiger partial charge < -0.3 is 14.2 Å². The Bertz CT molecular complexity index is 432. The quantitative estimate of drug-likeness (QED) is 0.566. The first kappa shape index (κ1) is 16.1. The molecule has 6 nitrogen and oxygen atoms in total. The fourth-order valence-corrected chi connectivity index (χ4v) is 1.44. The zero-order valence-corrected chi connectivity index (χ0v) is 12.4. The Labute approximate surface area is 118 Å². The van der Waals surface area contributed by atoms with Crippen LogP contribution in [0.1, 0.15) is 30.6 Å². The monoisotopic (exact) mass is 284 g/mol. The molecule has 0 heterocycles. The molecule has 0 amide bonds. The minimum absolute atomic E-state index is 0.166. The highest BCUT2D eigenvalue weighted by atomic mass is 17.2.